The molecule has 1 amide bonds. The number of hydrogen-bond donors (Lipinski definition) is 2. The molecule has 5 nitrogen and oxygen atoms in total. The van der Waals surface area contributed by atoms with Gasteiger partial charge in [-0.25, -0.2) is 4.98 Å². The minimum atomic E-state index is -0.181. The van der Waals surface area contributed by atoms with Gasteiger partial charge >= 0.3 is 0 Å². The summed E-state index contributed by atoms with van der Waals surface area (Å²) in [6, 6.07) is 1.65. The lowest BCUT2D eigenvalue weighted by Gasteiger charge is -2.06. The topological polar surface area (TPSA) is 70.7 Å². The molecule has 19 heavy (non-hydrogen) atoms. The van der Waals surface area contributed by atoms with Gasteiger partial charge < -0.3 is 0 Å². The maximum atomic E-state index is 11.9. The smallest absolute Gasteiger partial charge is 0.275 e. The Hall–Kier alpha value is -1.69. The molecule has 2 aromatic heterocycles. The van der Waals surface area contributed by atoms with Gasteiger partial charge in [0.15, 0.2) is 5.13 Å². The zero-order valence-corrected chi connectivity index (χ0v) is 11.4. The molecule has 0 fully saturated rings. The molecule has 0 saturated heterocycles. The molecule has 0 radical (unpaired) electrons. The van der Waals surface area contributed by atoms with Gasteiger partial charge in [0.2, 0.25) is 0 Å². The number of nitrogens with one attached hydrogen (secondary N) is 2. The van der Waals surface area contributed by atoms with Gasteiger partial charge in [-0.05, 0) is 31.7 Å². The predicted molar refractivity (Wildman–Crippen MR) is 74.5 cm³/mol. The van der Waals surface area contributed by atoms with Crippen LogP contribution in [0, 0.1) is 0 Å². The summed E-state index contributed by atoms with van der Waals surface area (Å²) >= 11 is 1.61. The number of carbonyl (C=O) groups is 1. The minimum Gasteiger partial charge on any atom is -0.296 e. The van der Waals surface area contributed by atoms with Crippen LogP contribution in [0.3, 0.4) is 0 Å². The summed E-state index contributed by atoms with van der Waals surface area (Å²) < 4.78 is 0. The standard InChI is InChI=1S/C13H16N4OS/c18-12(10-7-8-14-17-10)16-13-15-9-5-3-1-2-4-6-11(9)19-13/h7-8H,1-6H2,(H,14,17)(H,15,16,18). The number of thiazole rings is 1. The lowest BCUT2D eigenvalue weighted by atomic mass is 10.0. The van der Waals surface area contributed by atoms with Crippen molar-refractivity contribution in [2.75, 3.05) is 5.32 Å². The Bertz CT molecular complexity index is 536. The molecule has 2 heterocycles. The number of aryl methyl sites for hydroxylation is 2. The Morgan fingerprint density at radius 1 is 1.26 bits per heavy atom. The second-order valence-corrected chi connectivity index (χ2v) is 5.81. The summed E-state index contributed by atoms with van der Waals surface area (Å²) in [5.74, 6) is -0.181. The molecule has 0 aromatic carbocycles. The summed E-state index contributed by atoms with van der Waals surface area (Å²) in [5, 5.41) is 9.97. The maximum Gasteiger partial charge on any atom is 0.275 e. The number of nitrogens with zero attached hydrogens (tertiary/aromatic N) is 2. The van der Waals surface area contributed by atoms with Crippen LogP contribution >= 0.6 is 11.3 Å². The maximum absolute atomic E-state index is 11.9. The van der Waals surface area contributed by atoms with E-state index in [2.05, 4.69) is 20.5 Å². The van der Waals surface area contributed by atoms with E-state index in [1.807, 2.05) is 0 Å². The first-order chi connectivity index (χ1) is 9.33. The van der Waals surface area contributed by atoms with Gasteiger partial charge in [0.25, 0.3) is 5.91 Å². The van der Waals surface area contributed by atoms with E-state index < -0.39 is 0 Å². The van der Waals surface area contributed by atoms with Crippen LogP contribution in [-0.4, -0.2) is 21.1 Å². The molecule has 2 aromatic rings. The van der Waals surface area contributed by atoms with Gasteiger partial charge in [-0.3, -0.25) is 15.2 Å². The fourth-order valence-corrected chi connectivity index (χ4v) is 3.35. The molecule has 6 heteroatoms. The van der Waals surface area contributed by atoms with Crippen LogP contribution in [0.1, 0.15) is 46.7 Å². The molecule has 1 aliphatic rings. The van der Waals surface area contributed by atoms with E-state index in [0.29, 0.717) is 10.8 Å². The Morgan fingerprint density at radius 2 is 2.11 bits per heavy atom. The van der Waals surface area contributed by atoms with E-state index in [1.54, 1.807) is 23.6 Å². The second-order valence-electron chi connectivity index (χ2n) is 4.73. The monoisotopic (exact) mass is 276 g/mol. The lowest BCUT2D eigenvalue weighted by molar-refractivity contribution is 0.102. The third kappa shape index (κ3) is 2.84. The van der Waals surface area contributed by atoms with E-state index in [1.165, 1.54) is 36.3 Å². The number of H-pyrrole nitrogens is 1. The highest BCUT2D eigenvalue weighted by atomic mass is 32.1. The molecular weight excluding hydrogens is 260 g/mol. The van der Waals surface area contributed by atoms with E-state index in [9.17, 15) is 4.79 Å². The first-order valence-electron chi connectivity index (χ1n) is 6.62. The van der Waals surface area contributed by atoms with Crippen LogP contribution in [0.4, 0.5) is 5.13 Å². The summed E-state index contributed by atoms with van der Waals surface area (Å²) in [7, 11) is 0. The largest absolute Gasteiger partial charge is 0.296 e. The number of fused-ring (bicyclic) bond motifs is 1. The van der Waals surface area contributed by atoms with Crippen molar-refractivity contribution in [2.45, 2.75) is 38.5 Å². The van der Waals surface area contributed by atoms with Crippen molar-refractivity contribution in [3.05, 3.63) is 28.5 Å². The average molecular weight is 276 g/mol. The van der Waals surface area contributed by atoms with E-state index >= 15 is 0 Å². The predicted octanol–water partition coefficient (Wildman–Crippen LogP) is 2.78. The van der Waals surface area contributed by atoms with Crippen molar-refractivity contribution in [1.82, 2.24) is 15.2 Å². The van der Waals surface area contributed by atoms with E-state index in [4.69, 9.17) is 0 Å². The SMILES string of the molecule is O=C(Nc1nc2c(s1)CCCCCC2)c1ccn[nH]1. The lowest BCUT2D eigenvalue weighted by Crippen LogP contribution is -2.12. The molecule has 1 aliphatic carbocycles. The number of hydrogen-bond acceptors (Lipinski definition) is 4. The number of aromatic amines is 1. The fourth-order valence-electron chi connectivity index (χ4n) is 2.31. The van der Waals surface area contributed by atoms with Crippen molar-refractivity contribution in [2.24, 2.45) is 0 Å². The molecule has 0 bridgehead atoms. The van der Waals surface area contributed by atoms with Crippen LogP contribution in [0.25, 0.3) is 0 Å². The molecule has 0 unspecified atom stereocenters. The minimum absolute atomic E-state index is 0.181. The molecule has 0 aliphatic heterocycles. The Kier molecular flexibility index (Phi) is 3.59. The highest BCUT2D eigenvalue weighted by Crippen LogP contribution is 2.28. The summed E-state index contributed by atoms with van der Waals surface area (Å²) in [6.45, 7) is 0. The quantitative estimate of drug-likeness (QED) is 0.886. The number of carbonyl (C=O) groups excluding carboxylic acids is 1. The average Bonchev–Trinajstić information content (AvgIpc) is 3.00. The molecule has 100 valence electrons. The first-order valence-corrected chi connectivity index (χ1v) is 7.44. The van der Waals surface area contributed by atoms with E-state index in [-0.39, 0.29) is 5.91 Å². The highest BCUT2D eigenvalue weighted by Gasteiger charge is 2.15. The van der Waals surface area contributed by atoms with Gasteiger partial charge in [0.05, 0.1) is 5.69 Å². The zero-order valence-electron chi connectivity index (χ0n) is 10.6. The van der Waals surface area contributed by atoms with Crippen LogP contribution in [0.2, 0.25) is 0 Å². The van der Waals surface area contributed by atoms with Crippen molar-refractivity contribution in [3.63, 3.8) is 0 Å². The van der Waals surface area contributed by atoms with Crippen molar-refractivity contribution in [1.29, 1.82) is 0 Å². The Balaban J connectivity index is 1.75. The number of amides is 1. The van der Waals surface area contributed by atoms with Gasteiger partial charge in [-0.2, -0.15) is 5.10 Å². The molecule has 0 atom stereocenters. The number of aromatic nitrogens is 3. The molecule has 2 N–H and O–H groups in total. The van der Waals surface area contributed by atoms with Gasteiger partial charge in [-0.15, -0.1) is 11.3 Å². The van der Waals surface area contributed by atoms with Crippen LogP contribution in [0.15, 0.2) is 12.3 Å². The molecule has 0 spiro atoms. The van der Waals surface area contributed by atoms with Gasteiger partial charge in [0, 0.05) is 11.1 Å². The number of anilines is 1. The van der Waals surface area contributed by atoms with Gasteiger partial charge in [-0.1, -0.05) is 12.8 Å². The number of rotatable bonds is 2. The zero-order chi connectivity index (χ0) is 13.1. The van der Waals surface area contributed by atoms with Crippen LogP contribution in [-0.2, 0) is 12.8 Å². The first kappa shape index (κ1) is 12.3. The Labute approximate surface area is 115 Å². The van der Waals surface area contributed by atoms with Crippen molar-refractivity contribution in [3.8, 4) is 0 Å². The summed E-state index contributed by atoms with van der Waals surface area (Å²) in [4.78, 5) is 17.8. The van der Waals surface area contributed by atoms with Crippen LogP contribution < -0.4 is 5.32 Å². The molecule has 3 rings (SSSR count). The fraction of sp³-hybridized carbons (Fsp3) is 0.462. The normalized spacial score (nSPS) is 15.4. The van der Waals surface area contributed by atoms with Crippen LogP contribution in [0.5, 0.6) is 0 Å². The highest BCUT2D eigenvalue weighted by molar-refractivity contribution is 7.15. The Morgan fingerprint density at radius 3 is 2.89 bits per heavy atom. The van der Waals surface area contributed by atoms with Crippen molar-refractivity contribution < 1.29 is 4.79 Å². The second kappa shape index (κ2) is 5.52. The molecular formula is C13H16N4OS. The van der Waals surface area contributed by atoms with Gasteiger partial charge in [0.1, 0.15) is 5.69 Å². The summed E-state index contributed by atoms with van der Waals surface area (Å²) in [5.41, 5.74) is 1.63. The third-order valence-electron chi connectivity index (χ3n) is 3.31. The molecule has 0 saturated carbocycles. The third-order valence-corrected chi connectivity index (χ3v) is 4.38. The van der Waals surface area contributed by atoms with E-state index in [0.717, 1.165) is 12.8 Å². The summed E-state index contributed by atoms with van der Waals surface area (Å²) in [6.07, 6.45) is 8.70. The van der Waals surface area contributed by atoms with Crippen molar-refractivity contribution >= 4 is 22.4 Å².